The molecular weight excluding hydrogens is 566 g/mol. The molecule has 264 valence electrons. The number of nitrogens with zero attached hydrogens (tertiary/aromatic N) is 4. The van der Waals surface area contributed by atoms with E-state index in [9.17, 15) is 0 Å². The van der Waals surface area contributed by atoms with Gasteiger partial charge in [-0.1, -0.05) is 27.7 Å². The molecule has 10 atom stereocenters. The van der Waals surface area contributed by atoms with Crippen molar-refractivity contribution in [2.75, 3.05) is 65.4 Å². The quantitative estimate of drug-likeness (QED) is 0.290. The molecule has 0 spiro atoms. The van der Waals surface area contributed by atoms with E-state index in [0.29, 0.717) is 0 Å². The van der Waals surface area contributed by atoms with Gasteiger partial charge in [0.2, 0.25) is 0 Å². The van der Waals surface area contributed by atoms with Crippen LogP contribution in [-0.4, -0.2) is 145 Å². The normalized spacial score (nSPS) is 37.7. The lowest BCUT2D eigenvalue weighted by atomic mass is 9.94. The number of hydrogen-bond acceptors (Lipinski definition) is 9. The molecule has 4 heterocycles. The molecule has 4 rings (SSSR count). The van der Waals surface area contributed by atoms with E-state index in [1.807, 2.05) is 0 Å². The van der Waals surface area contributed by atoms with Crippen LogP contribution in [0.2, 0.25) is 0 Å². The Morgan fingerprint density at radius 2 is 0.778 bits per heavy atom. The summed E-state index contributed by atoms with van der Waals surface area (Å²) in [4.78, 5) is 10.8. The van der Waals surface area contributed by atoms with Crippen LogP contribution in [0.4, 0.5) is 0 Å². The molecule has 45 heavy (non-hydrogen) atoms. The summed E-state index contributed by atoms with van der Waals surface area (Å²) < 4.78 is 25.3. The molecule has 4 aliphatic heterocycles. The van der Waals surface area contributed by atoms with E-state index in [2.05, 4.69) is 94.2 Å². The van der Waals surface area contributed by atoms with Crippen LogP contribution >= 0.6 is 0 Å². The number of morpholine rings is 4. The van der Waals surface area contributed by atoms with Crippen LogP contribution in [0.25, 0.3) is 0 Å². The van der Waals surface area contributed by atoms with Gasteiger partial charge in [0.15, 0.2) is 0 Å². The molecule has 10 unspecified atom stereocenters. The van der Waals surface area contributed by atoms with Crippen molar-refractivity contribution < 1.29 is 18.9 Å². The van der Waals surface area contributed by atoms with Crippen LogP contribution in [0.5, 0.6) is 0 Å². The third-order valence-electron chi connectivity index (χ3n) is 11.0. The van der Waals surface area contributed by atoms with Crippen molar-refractivity contribution in [3.63, 3.8) is 0 Å². The van der Waals surface area contributed by atoms with Crippen molar-refractivity contribution in [3.8, 4) is 0 Å². The Morgan fingerprint density at radius 1 is 0.489 bits per heavy atom. The minimum absolute atomic E-state index is 0.197. The Labute approximate surface area is 277 Å². The summed E-state index contributed by atoms with van der Waals surface area (Å²) >= 11 is 0. The van der Waals surface area contributed by atoms with Crippen LogP contribution in [0.3, 0.4) is 0 Å². The highest BCUT2D eigenvalue weighted by molar-refractivity contribution is 4.99. The molecule has 0 aromatic heterocycles. The molecule has 4 fully saturated rings. The summed E-state index contributed by atoms with van der Waals surface area (Å²) in [7, 11) is 0. The highest BCUT2D eigenvalue weighted by Gasteiger charge is 2.46. The van der Waals surface area contributed by atoms with Gasteiger partial charge in [0.1, 0.15) is 0 Å². The first-order valence-electron chi connectivity index (χ1n) is 18.7. The molecule has 4 aliphatic rings. The van der Waals surface area contributed by atoms with Crippen molar-refractivity contribution in [1.29, 1.82) is 0 Å². The van der Waals surface area contributed by atoms with E-state index in [0.717, 1.165) is 104 Å². The SMILES string of the molecule is CCC1CN(C(C)(CCN2CC(C)OC(C)C2)NC(C)(CCN2CC(C)OC(C)C2)N2CC(CC)OC(CC)C2)CC(CC)O1. The van der Waals surface area contributed by atoms with E-state index in [-0.39, 0.29) is 60.2 Å². The van der Waals surface area contributed by atoms with Crippen molar-refractivity contribution in [2.45, 2.75) is 168 Å². The molecule has 9 heteroatoms. The van der Waals surface area contributed by atoms with Gasteiger partial charge in [0, 0.05) is 65.4 Å². The van der Waals surface area contributed by atoms with Gasteiger partial charge >= 0.3 is 0 Å². The van der Waals surface area contributed by atoms with Crippen LogP contribution in [0.15, 0.2) is 0 Å². The fraction of sp³-hybridized carbons (Fsp3) is 1.00. The zero-order valence-corrected chi connectivity index (χ0v) is 30.9. The predicted octanol–water partition coefficient (Wildman–Crippen LogP) is 4.79. The Bertz CT molecular complexity index is 772. The first-order chi connectivity index (χ1) is 21.4. The van der Waals surface area contributed by atoms with Gasteiger partial charge in [0.25, 0.3) is 0 Å². The maximum Gasteiger partial charge on any atom is 0.0711 e. The Hall–Kier alpha value is -0.360. The molecule has 1 N–H and O–H groups in total. The predicted molar refractivity (Wildman–Crippen MR) is 184 cm³/mol. The van der Waals surface area contributed by atoms with E-state index in [1.165, 1.54) is 0 Å². The number of rotatable bonds is 14. The minimum atomic E-state index is -0.197. The monoisotopic (exact) mass is 638 g/mol. The average molecular weight is 638 g/mol. The standard InChI is InChI=1S/C36H71N5O4/c1-11-31-23-40(24-32(12-2)44-31)35(9,15-17-38-19-27(5)42-28(6)20-38)37-36(10,16-18-39-21-29(7)43-30(8)22-39)41-25-33(13-3)45-34(14-4)26-41/h27-34,37H,11-26H2,1-10H3. The molecule has 0 radical (unpaired) electrons. The zero-order valence-electron chi connectivity index (χ0n) is 30.9. The fourth-order valence-corrected chi connectivity index (χ4v) is 8.42. The van der Waals surface area contributed by atoms with Gasteiger partial charge in [-0.15, -0.1) is 0 Å². The Kier molecular flexibility index (Phi) is 14.0. The lowest BCUT2D eigenvalue weighted by Crippen LogP contribution is -2.73. The molecule has 0 saturated carbocycles. The lowest BCUT2D eigenvalue weighted by Gasteiger charge is -2.56. The smallest absolute Gasteiger partial charge is 0.0711 e. The van der Waals surface area contributed by atoms with Crippen LogP contribution in [-0.2, 0) is 18.9 Å². The van der Waals surface area contributed by atoms with E-state index >= 15 is 0 Å². The van der Waals surface area contributed by atoms with Gasteiger partial charge in [-0.05, 0) is 80.1 Å². The third-order valence-corrected chi connectivity index (χ3v) is 11.0. The summed E-state index contributed by atoms with van der Waals surface area (Å²) in [6, 6.07) is 0. The molecule has 0 aliphatic carbocycles. The van der Waals surface area contributed by atoms with Crippen molar-refractivity contribution in [1.82, 2.24) is 24.9 Å². The van der Waals surface area contributed by atoms with Gasteiger partial charge in [0.05, 0.1) is 60.2 Å². The fourth-order valence-electron chi connectivity index (χ4n) is 8.42. The average Bonchev–Trinajstić information content (AvgIpc) is 3.01. The first-order valence-corrected chi connectivity index (χ1v) is 18.7. The number of nitrogens with one attached hydrogen (secondary N) is 1. The molecular formula is C36H71N5O4. The summed E-state index contributed by atoms with van der Waals surface area (Å²) in [5.41, 5.74) is -0.394. The highest BCUT2D eigenvalue weighted by Crippen LogP contribution is 2.33. The first kappa shape index (κ1) is 37.5. The van der Waals surface area contributed by atoms with Crippen molar-refractivity contribution >= 4 is 0 Å². The molecule has 0 aromatic carbocycles. The Balaban J connectivity index is 1.64. The van der Waals surface area contributed by atoms with E-state index in [1.54, 1.807) is 0 Å². The third kappa shape index (κ3) is 10.3. The summed E-state index contributed by atoms with van der Waals surface area (Å²) in [5, 5.41) is 4.47. The maximum atomic E-state index is 6.54. The molecule has 0 aromatic rings. The second-order valence-corrected chi connectivity index (χ2v) is 15.4. The maximum absolute atomic E-state index is 6.54. The zero-order chi connectivity index (χ0) is 32.8. The minimum Gasteiger partial charge on any atom is -0.373 e. The van der Waals surface area contributed by atoms with Gasteiger partial charge in [-0.25, -0.2) is 0 Å². The molecule has 0 bridgehead atoms. The van der Waals surface area contributed by atoms with E-state index in [4.69, 9.17) is 18.9 Å². The van der Waals surface area contributed by atoms with Crippen LogP contribution < -0.4 is 5.32 Å². The lowest BCUT2D eigenvalue weighted by molar-refractivity contribution is -0.159. The van der Waals surface area contributed by atoms with Gasteiger partial charge in [-0.3, -0.25) is 24.9 Å². The topological polar surface area (TPSA) is 61.9 Å². The van der Waals surface area contributed by atoms with Crippen molar-refractivity contribution in [2.24, 2.45) is 0 Å². The molecule has 4 saturated heterocycles. The Morgan fingerprint density at radius 3 is 1.04 bits per heavy atom. The summed E-state index contributed by atoms with van der Waals surface area (Å²) in [6.07, 6.45) is 8.49. The van der Waals surface area contributed by atoms with Gasteiger partial charge < -0.3 is 18.9 Å². The second kappa shape index (κ2) is 16.8. The summed E-state index contributed by atoms with van der Waals surface area (Å²) in [6.45, 7) is 33.0. The highest BCUT2D eigenvalue weighted by atomic mass is 16.5. The second-order valence-electron chi connectivity index (χ2n) is 15.4. The largest absolute Gasteiger partial charge is 0.373 e. The number of hydrogen-bond donors (Lipinski definition) is 1. The van der Waals surface area contributed by atoms with E-state index < -0.39 is 0 Å². The molecule has 9 nitrogen and oxygen atoms in total. The van der Waals surface area contributed by atoms with Gasteiger partial charge in [-0.2, -0.15) is 0 Å². The number of ether oxygens (including phenoxy) is 4. The summed E-state index contributed by atoms with van der Waals surface area (Å²) in [5.74, 6) is 0. The van der Waals surface area contributed by atoms with Crippen molar-refractivity contribution in [3.05, 3.63) is 0 Å². The molecule has 0 amide bonds. The van der Waals surface area contributed by atoms with Crippen LogP contribution in [0.1, 0.15) is 108 Å². The van der Waals surface area contributed by atoms with Crippen LogP contribution in [0, 0.1) is 0 Å².